The van der Waals surface area contributed by atoms with E-state index in [0.29, 0.717) is 13.0 Å². The molecule has 0 aliphatic heterocycles. The van der Waals surface area contributed by atoms with E-state index in [-0.39, 0.29) is 11.6 Å². The minimum Gasteiger partial charge on any atom is -0.374 e. The van der Waals surface area contributed by atoms with Crippen LogP contribution in [0.5, 0.6) is 0 Å². The van der Waals surface area contributed by atoms with Gasteiger partial charge in [-0.2, -0.15) is 0 Å². The van der Waals surface area contributed by atoms with Gasteiger partial charge in [-0.05, 0) is 43.9 Å². The highest BCUT2D eigenvalue weighted by Crippen LogP contribution is 2.34. The lowest BCUT2D eigenvalue weighted by Gasteiger charge is -2.38. The largest absolute Gasteiger partial charge is 0.374 e. The van der Waals surface area contributed by atoms with E-state index in [1.165, 1.54) is 18.9 Å². The van der Waals surface area contributed by atoms with Gasteiger partial charge in [-0.1, -0.05) is 31.7 Å². The van der Waals surface area contributed by atoms with Crippen molar-refractivity contribution in [3.8, 4) is 0 Å². The van der Waals surface area contributed by atoms with Gasteiger partial charge >= 0.3 is 0 Å². The maximum Gasteiger partial charge on any atom is 0.159 e. The molecule has 1 unspecified atom stereocenters. The zero-order valence-electron chi connectivity index (χ0n) is 12.7. The highest BCUT2D eigenvalue weighted by molar-refractivity contribution is 5.19. The molecule has 0 radical (unpaired) electrons. The molecule has 1 aliphatic carbocycles. The number of hydrogen-bond donors (Lipinski definition) is 1. The molecule has 1 aromatic rings. The standard InChI is InChI=1S/C17H25F2NO/c1-2-21-17(9-5-3-4-6-10-17)16(20)12-13-7-8-14(18)15(19)11-13/h7-8,11,16H,2-6,9-10,12,20H2,1H3. The second-order valence-corrected chi connectivity index (χ2v) is 5.97. The summed E-state index contributed by atoms with van der Waals surface area (Å²) in [5.41, 5.74) is 6.82. The van der Waals surface area contributed by atoms with Gasteiger partial charge in [0, 0.05) is 12.6 Å². The minimum atomic E-state index is -0.818. The van der Waals surface area contributed by atoms with Crippen molar-refractivity contribution in [2.75, 3.05) is 6.61 Å². The monoisotopic (exact) mass is 297 g/mol. The van der Waals surface area contributed by atoms with Gasteiger partial charge < -0.3 is 10.5 Å². The molecule has 0 heterocycles. The van der Waals surface area contributed by atoms with Crippen LogP contribution in [0.1, 0.15) is 51.0 Å². The Morgan fingerprint density at radius 3 is 2.38 bits per heavy atom. The summed E-state index contributed by atoms with van der Waals surface area (Å²) in [6.07, 6.45) is 7.07. The average Bonchev–Trinajstić information content (AvgIpc) is 2.70. The van der Waals surface area contributed by atoms with Crippen LogP contribution in [0.15, 0.2) is 18.2 Å². The third-order valence-corrected chi connectivity index (χ3v) is 4.50. The van der Waals surface area contributed by atoms with E-state index in [1.807, 2.05) is 6.92 Å². The smallest absolute Gasteiger partial charge is 0.159 e. The van der Waals surface area contributed by atoms with Crippen LogP contribution in [0, 0.1) is 11.6 Å². The maximum absolute atomic E-state index is 13.3. The summed E-state index contributed by atoms with van der Waals surface area (Å²) in [6.45, 7) is 2.61. The number of ether oxygens (including phenoxy) is 1. The molecule has 0 spiro atoms. The van der Waals surface area contributed by atoms with Crippen LogP contribution < -0.4 is 5.73 Å². The lowest BCUT2D eigenvalue weighted by atomic mass is 9.83. The zero-order chi connectivity index (χ0) is 15.3. The van der Waals surface area contributed by atoms with E-state index in [2.05, 4.69) is 0 Å². The number of benzene rings is 1. The molecular formula is C17H25F2NO. The molecule has 4 heteroatoms. The molecule has 1 aromatic carbocycles. The van der Waals surface area contributed by atoms with Crippen LogP contribution >= 0.6 is 0 Å². The van der Waals surface area contributed by atoms with E-state index in [1.54, 1.807) is 6.07 Å². The summed E-state index contributed by atoms with van der Waals surface area (Å²) in [6, 6.07) is 3.82. The Labute approximate surface area is 125 Å². The fraction of sp³-hybridized carbons (Fsp3) is 0.647. The van der Waals surface area contributed by atoms with Gasteiger partial charge in [0.05, 0.1) is 5.60 Å². The van der Waals surface area contributed by atoms with Gasteiger partial charge in [-0.15, -0.1) is 0 Å². The summed E-state index contributed by atoms with van der Waals surface area (Å²) in [5.74, 6) is -1.63. The van der Waals surface area contributed by atoms with E-state index < -0.39 is 11.6 Å². The topological polar surface area (TPSA) is 35.2 Å². The Hall–Kier alpha value is -1.00. The summed E-state index contributed by atoms with van der Waals surface area (Å²) in [7, 11) is 0. The van der Waals surface area contributed by atoms with Crippen molar-refractivity contribution in [2.45, 2.75) is 63.5 Å². The SMILES string of the molecule is CCOC1(C(N)Cc2ccc(F)c(F)c2)CCCCCC1. The Balaban J connectivity index is 2.13. The molecule has 2 nitrogen and oxygen atoms in total. The first-order valence-corrected chi connectivity index (χ1v) is 7.91. The van der Waals surface area contributed by atoms with Gasteiger partial charge in [0.15, 0.2) is 11.6 Å². The molecular weight excluding hydrogens is 272 g/mol. The van der Waals surface area contributed by atoms with Crippen LogP contribution in [0.25, 0.3) is 0 Å². The van der Waals surface area contributed by atoms with Gasteiger partial charge in [0.25, 0.3) is 0 Å². The first kappa shape index (κ1) is 16.4. The van der Waals surface area contributed by atoms with Crippen molar-refractivity contribution >= 4 is 0 Å². The van der Waals surface area contributed by atoms with Crippen molar-refractivity contribution in [1.82, 2.24) is 0 Å². The summed E-state index contributed by atoms with van der Waals surface area (Å²) in [5, 5.41) is 0. The first-order chi connectivity index (χ1) is 10.1. The summed E-state index contributed by atoms with van der Waals surface area (Å²) in [4.78, 5) is 0. The normalized spacial score (nSPS) is 20.0. The van der Waals surface area contributed by atoms with Crippen molar-refractivity contribution in [3.05, 3.63) is 35.4 Å². The molecule has 1 saturated carbocycles. The fourth-order valence-electron chi connectivity index (χ4n) is 3.34. The number of nitrogens with two attached hydrogens (primary N) is 1. The van der Waals surface area contributed by atoms with Crippen LogP contribution in [0.3, 0.4) is 0 Å². The van der Waals surface area contributed by atoms with Crippen molar-refractivity contribution in [3.63, 3.8) is 0 Å². The Morgan fingerprint density at radius 2 is 1.81 bits per heavy atom. The second-order valence-electron chi connectivity index (χ2n) is 5.97. The Bertz CT molecular complexity index is 456. The highest BCUT2D eigenvalue weighted by Gasteiger charge is 2.37. The molecule has 21 heavy (non-hydrogen) atoms. The molecule has 1 atom stereocenters. The van der Waals surface area contributed by atoms with Crippen molar-refractivity contribution in [1.29, 1.82) is 0 Å². The van der Waals surface area contributed by atoms with Gasteiger partial charge in [0.1, 0.15) is 0 Å². The molecule has 2 N–H and O–H groups in total. The van der Waals surface area contributed by atoms with Gasteiger partial charge in [0.2, 0.25) is 0 Å². The van der Waals surface area contributed by atoms with Crippen LogP contribution in [0.2, 0.25) is 0 Å². The summed E-state index contributed by atoms with van der Waals surface area (Å²) >= 11 is 0. The molecule has 0 bridgehead atoms. The molecule has 0 amide bonds. The van der Waals surface area contributed by atoms with Crippen molar-refractivity contribution < 1.29 is 13.5 Å². The van der Waals surface area contributed by atoms with E-state index >= 15 is 0 Å². The summed E-state index contributed by atoms with van der Waals surface area (Å²) < 4.78 is 32.4. The average molecular weight is 297 g/mol. The van der Waals surface area contributed by atoms with Gasteiger partial charge in [-0.25, -0.2) is 8.78 Å². The van der Waals surface area contributed by atoms with E-state index in [4.69, 9.17) is 10.5 Å². The van der Waals surface area contributed by atoms with E-state index in [9.17, 15) is 8.78 Å². The first-order valence-electron chi connectivity index (χ1n) is 7.91. The van der Waals surface area contributed by atoms with Crippen molar-refractivity contribution in [2.24, 2.45) is 5.73 Å². The molecule has 0 saturated heterocycles. The number of halogens is 2. The van der Waals surface area contributed by atoms with Crippen LogP contribution in [0.4, 0.5) is 8.78 Å². The fourth-order valence-corrected chi connectivity index (χ4v) is 3.34. The Morgan fingerprint density at radius 1 is 1.14 bits per heavy atom. The van der Waals surface area contributed by atoms with Crippen LogP contribution in [-0.4, -0.2) is 18.2 Å². The maximum atomic E-state index is 13.3. The molecule has 118 valence electrons. The minimum absolute atomic E-state index is 0.194. The molecule has 1 fully saturated rings. The molecule has 1 aliphatic rings. The lowest BCUT2D eigenvalue weighted by Crippen LogP contribution is -2.51. The Kier molecular flexibility index (Phi) is 5.71. The van der Waals surface area contributed by atoms with E-state index in [0.717, 1.165) is 37.3 Å². The third-order valence-electron chi connectivity index (χ3n) is 4.50. The van der Waals surface area contributed by atoms with Crippen LogP contribution in [-0.2, 0) is 11.2 Å². The predicted octanol–water partition coefficient (Wildman–Crippen LogP) is 3.96. The zero-order valence-corrected chi connectivity index (χ0v) is 12.7. The highest BCUT2D eigenvalue weighted by atomic mass is 19.2. The molecule has 0 aromatic heterocycles. The number of hydrogen-bond acceptors (Lipinski definition) is 2. The van der Waals surface area contributed by atoms with Gasteiger partial charge in [-0.3, -0.25) is 0 Å². The quantitative estimate of drug-likeness (QED) is 0.835. The molecule has 2 rings (SSSR count). The number of rotatable bonds is 5. The third kappa shape index (κ3) is 4.01. The lowest BCUT2D eigenvalue weighted by molar-refractivity contribution is -0.0683. The predicted molar refractivity (Wildman–Crippen MR) is 80.1 cm³/mol. The second kappa shape index (κ2) is 7.32.